The maximum Gasteiger partial charge on any atom is 0.192 e. The minimum absolute atomic E-state index is 0.0368. The summed E-state index contributed by atoms with van der Waals surface area (Å²) in [5.41, 5.74) is 3.78. The second-order valence-electron chi connectivity index (χ2n) is 11.6. The third kappa shape index (κ3) is 7.35. The summed E-state index contributed by atoms with van der Waals surface area (Å²) in [5, 5.41) is 4.53. The van der Waals surface area contributed by atoms with Gasteiger partial charge in [-0.1, -0.05) is 51.1 Å². The molecular formula is C31H44N2O4Si. The Kier molecular flexibility index (Phi) is 9.96. The summed E-state index contributed by atoms with van der Waals surface area (Å²) in [6.07, 6.45) is 5.41. The molecule has 0 spiro atoms. The van der Waals surface area contributed by atoms with Crippen molar-refractivity contribution in [2.75, 3.05) is 14.2 Å². The van der Waals surface area contributed by atoms with Crippen molar-refractivity contribution in [3.05, 3.63) is 77.1 Å². The second kappa shape index (κ2) is 12.8. The zero-order valence-corrected chi connectivity index (χ0v) is 25.3. The van der Waals surface area contributed by atoms with Crippen LogP contribution >= 0.6 is 0 Å². The van der Waals surface area contributed by atoms with Crippen molar-refractivity contribution in [3.63, 3.8) is 0 Å². The van der Waals surface area contributed by atoms with Crippen molar-refractivity contribution in [1.29, 1.82) is 0 Å². The molecule has 0 aliphatic rings. The number of ether oxygens (including phenoxy) is 2. The lowest BCUT2D eigenvalue weighted by Crippen LogP contribution is -2.43. The molecule has 7 heteroatoms. The predicted octanol–water partition coefficient (Wildman–Crippen LogP) is 7.42. The van der Waals surface area contributed by atoms with E-state index < -0.39 is 8.32 Å². The van der Waals surface area contributed by atoms with E-state index in [1.807, 2.05) is 17.8 Å². The molecular weight excluding hydrogens is 492 g/mol. The first-order chi connectivity index (χ1) is 18.0. The molecule has 3 aromatic rings. The van der Waals surface area contributed by atoms with E-state index in [0.29, 0.717) is 12.2 Å². The van der Waals surface area contributed by atoms with Crippen molar-refractivity contribution in [2.45, 2.75) is 77.7 Å². The Morgan fingerprint density at radius 3 is 2.18 bits per heavy atom. The third-order valence-electron chi connectivity index (χ3n) is 7.85. The molecule has 0 aliphatic carbocycles. The third-order valence-corrected chi connectivity index (χ3v) is 12.3. The van der Waals surface area contributed by atoms with Crippen molar-refractivity contribution in [3.8, 4) is 11.5 Å². The largest absolute Gasteiger partial charge is 0.496 e. The molecule has 0 radical (unpaired) electrons. The van der Waals surface area contributed by atoms with E-state index in [9.17, 15) is 4.79 Å². The minimum Gasteiger partial charge on any atom is -0.496 e. The highest BCUT2D eigenvalue weighted by Crippen LogP contribution is 2.44. The van der Waals surface area contributed by atoms with Gasteiger partial charge in [-0.3, -0.25) is 9.48 Å². The van der Waals surface area contributed by atoms with Gasteiger partial charge >= 0.3 is 0 Å². The van der Waals surface area contributed by atoms with Crippen LogP contribution in [0.25, 0.3) is 0 Å². The number of carbonyl (C=O) groups is 1. The average Bonchev–Trinajstić information content (AvgIpc) is 3.34. The number of aromatic nitrogens is 2. The zero-order valence-electron chi connectivity index (χ0n) is 24.3. The fourth-order valence-corrected chi connectivity index (χ4v) is 5.85. The number of methoxy groups -OCH3 is 2. The standard InChI is InChI=1S/C31H44N2O4Si/c1-23-28(35-5)19-26(20-29(23)36-6)30(37-38(7,8)31(2,3)4)25(21-33-18-17-27(22-34)32-33)16-12-15-24-13-10-9-11-14-24/h9-11,13-14,17-20,22,25,30H,12,15-16,21H2,1-8H3/t25-,30-/m0/s1. The van der Waals surface area contributed by atoms with Gasteiger partial charge in [0.25, 0.3) is 0 Å². The number of hydrogen-bond acceptors (Lipinski definition) is 5. The number of benzene rings is 2. The molecule has 0 amide bonds. The van der Waals surface area contributed by atoms with Gasteiger partial charge in [0.05, 0.1) is 20.3 Å². The molecule has 0 saturated heterocycles. The number of nitrogens with zero attached hydrogens (tertiary/aromatic N) is 2. The second-order valence-corrected chi connectivity index (χ2v) is 16.3. The summed E-state index contributed by atoms with van der Waals surface area (Å²) in [7, 11) is 1.21. The highest BCUT2D eigenvalue weighted by Gasteiger charge is 2.41. The minimum atomic E-state index is -2.17. The lowest BCUT2D eigenvalue weighted by molar-refractivity contribution is 0.0968. The first-order valence-corrected chi connectivity index (χ1v) is 16.3. The SMILES string of the molecule is COc1cc([C@@H](O[Si](C)(C)C(C)(C)C)[C@@H](CCCc2ccccc2)Cn2ccc(C=O)n2)cc(OC)c1C. The monoisotopic (exact) mass is 536 g/mol. The molecule has 0 unspecified atom stereocenters. The van der Waals surface area contributed by atoms with Crippen LogP contribution in [0.4, 0.5) is 0 Å². The Bertz CT molecular complexity index is 1160. The first-order valence-electron chi connectivity index (χ1n) is 13.4. The fraction of sp³-hybridized carbons (Fsp3) is 0.484. The van der Waals surface area contributed by atoms with Crippen LogP contribution in [0.5, 0.6) is 11.5 Å². The summed E-state index contributed by atoms with van der Waals surface area (Å²) in [6.45, 7) is 14.0. The Balaban J connectivity index is 2.05. The first kappa shape index (κ1) is 29.6. The van der Waals surface area contributed by atoms with Crippen molar-refractivity contribution >= 4 is 14.6 Å². The summed E-state index contributed by atoms with van der Waals surface area (Å²) >= 11 is 0. The maximum absolute atomic E-state index is 11.3. The van der Waals surface area contributed by atoms with Crippen LogP contribution in [0.3, 0.4) is 0 Å². The molecule has 0 fully saturated rings. The van der Waals surface area contributed by atoms with Gasteiger partial charge in [-0.05, 0) is 73.6 Å². The number of carbonyl (C=O) groups excluding carboxylic acids is 1. The van der Waals surface area contributed by atoms with Crippen molar-refractivity contribution in [1.82, 2.24) is 9.78 Å². The maximum atomic E-state index is 11.3. The molecule has 206 valence electrons. The fourth-order valence-electron chi connectivity index (χ4n) is 4.53. The zero-order chi connectivity index (χ0) is 27.9. The van der Waals surface area contributed by atoms with Crippen molar-refractivity contribution in [2.24, 2.45) is 5.92 Å². The quantitative estimate of drug-likeness (QED) is 0.168. The highest BCUT2D eigenvalue weighted by atomic mass is 28.4. The summed E-state index contributed by atoms with van der Waals surface area (Å²) in [5.74, 6) is 1.69. The summed E-state index contributed by atoms with van der Waals surface area (Å²) in [6, 6.07) is 16.5. The Morgan fingerprint density at radius 1 is 1.03 bits per heavy atom. The number of aldehydes is 1. The van der Waals surface area contributed by atoms with E-state index in [4.69, 9.17) is 13.9 Å². The molecule has 1 heterocycles. The van der Waals surface area contributed by atoms with Crippen LogP contribution in [0.15, 0.2) is 54.7 Å². The lowest BCUT2D eigenvalue weighted by Gasteiger charge is -2.42. The number of aryl methyl sites for hydroxylation is 1. The number of rotatable bonds is 13. The Morgan fingerprint density at radius 2 is 1.66 bits per heavy atom. The van der Waals surface area contributed by atoms with Gasteiger partial charge in [0.2, 0.25) is 0 Å². The number of hydrogen-bond donors (Lipinski definition) is 0. The van der Waals surface area contributed by atoms with Crippen LogP contribution in [-0.2, 0) is 17.4 Å². The van der Waals surface area contributed by atoms with Gasteiger partial charge < -0.3 is 13.9 Å². The van der Waals surface area contributed by atoms with Gasteiger partial charge in [-0.2, -0.15) is 5.10 Å². The van der Waals surface area contributed by atoms with Gasteiger partial charge in [-0.15, -0.1) is 0 Å². The normalized spacial score (nSPS) is 13.7. The summed E-state index contributed by atoms with van der Waals surface area (Å²) < 4.78 is 20.6. The Hall–Kier alpha value is -2.90. The van der Waals surface area contributed by atoms with Gasteiger partial charge in [0.15, 0.2) is 14.6 Å². The molecule has 3 rings (SSSR count). The van der Waals surface area contributed by atoms with E-state index in [1.165, 1.54) is 5.56 Å². The topological polar surface area (TPSA) is 62.6 Å². The van der Waals surface area contributed by atoms with Gasteiger partial charge in [-0.25, -0.2) is 0 Å². The molecule has 0 aliphatic heterocycles. The molecule has 0 bridgehead atoms. The lowest BCUT2D eigenvalue weighted by atomic mass is 9.89. The van der Waals surface area contributed by atoms with Crippen LogP contribution in [-0.4, -0.2) is 38.6 Å². The molecule has 38 heavy (non-hydrogen) atoms. The Labute approximate surface area is 229 Å². The molecule has 6 nitrogen and oxygen atoms in total. The van der Waals surface area contributed by atoms with Gasteiger partial charge in [0, 0.05) is 24.2 Å². The van der Waals surface area contributed by atoms with Gasteiger partial charge in [0.1, 0.15) is 17.2 Å². The average molecular weight is 537 g/mol. The van der Waals surface area contributed by atoms with Crippen LogP contribution in [0, 0.1) is 12.8 Å². The van der Waals surface area contributed by atoms with Crippen LogP contribution < -0.4 is 9.47 Å². The molecule has 0 N–H and O–H groups in total. The van der Waals surface area contributed by atoms with E-state index in [1.54, 1.807) is 20.3 Å². The molecule has 0 saturated carbocycles. The van der Waals surface area contributed by atoms with Crippen LogP contribution in [0.2, 0.25) is 18.1 Å². The van der Waals surface area contributed by atoms with Crippen LogP contribution in [0.1, 0.15) is 66.9 Å². The molecule has 2 aromatic carbocycles. The molecule has 2 atom stereocenters. The highest BCUT2D eigenvalue weighted by molar-refractivity contribution is 6.74. The van der Waals surface area contributed by atoms with E-state index >= 15 is 0 Å². The van der Waals surface area contributed by atoms with E-state index in [0.717, 1.165) is 48.2 Å². The molecule has 1 aromatic heterocycles. The summed E-state index contributed by atoms with van der Waals surface area (Å²) in [4.78, 5) is 11.3. The van der Waals surface area contributed by atoms with Crippen molar-refractivity contribution < 1.29 is 18.7 Å². The smallest absolute Gasteiger partial charge is 0.192 e. The van der Waals surface area contributed by atoms with E-state index in [2.05, 4.69) is 81.4 Å². The van der Waals surface area contributed by atoms with E-state index in [-0.39, 0.29) is 17.1 Å². The predicted molar refractivity (Wildman–Crippen MR) is 156 cm³/mol.